The Hall–Kier alpha value is -3.14. The molecule has 1 fully saturated rings. The zero-order chi connectivity index (χ0) is 21.7. The molecule has 1 aliphatic heterocycles. The van der Waals surface area contributed by atoms with Crippen molar-refractivity contribution in [3.8, 4) is 5.88 Å². The van der Waals surface area contributed by atoms with Crippen LogP contribution in [0.15, 0.2) is 36.4 Å². The molecule has 1 aromatic heterocycles. The number of aromatic nitrogens is 1. The Balaban J connectivity index is 1.57. The van der Waals surface area contributed by atoms with E-state index in [0.29, 0.717) is 24.5 Å². The van der Waals surface area contributed by atoms with Gasteiger partial charge in [0.25, 0.3) is 0 Å². The van der Waals surface area contributed by atoms with Crippen LogP contribution in [0.25, 0.3) is 4.85 Å². The molecule has 2 heterocycles. The van der Waals surface area contributed by atoms with E-state index in [4.69, 9.17) is 16.0 Å². The number of halogens is 1. The van der Waals surface area contributed by atoms with E-state index < -0.39 is 11.4 Å². The predicted octanol–water partition coefficient (Wildman–Crippen LogP) is 5.46. The zero-order valence-corrected chi connectivity index (χ0v) is 17.5. The van der Waals surface area contributed by atoms with Gasteiger partial charge in [-0.25, -0.2) is 19.0 Å². The molecule has 0 N–H and O–H groups in total. The summed E-state index contributed by atoms with van der Waals surface area (Å²) in [4.78, 5) is 21.7. The van der Waals surface area contributed by atoms with Crippen LogP contribution in [0, 0.1) is 12.4 Å². The number of benzene rings is 1. The summed E-state index contributed by atoms with van der Waals surface area (Å²) in [5.74, 6) is 0.187. The van der Waals surface area contributed by atoms with Gasteiger partial charge in [-0.2, -0.15) is 0 Å². The number of piperidine rings is 1. The van der Waals surface area contributed by atoms with Gasteiger partial charge in [0, 0.05) is 36.3 Å². The van der Waals surface area contributed by atoms with Gasteiger partial charge in [0.15, 0.2) is 5.69 Å². The van der Waals surface area contributed by atoms with Crippen LogP contribution in [-0.4, -0.2) is 34.7 Å². The molecule has 1 amide bonds. The van der Waals surface area contributed by atoms with E-state index in [1.165, 1.54) is 6.07 Å². The summed E-state index contributed by atoms with van der Waals surface area (Å²) in [6.45, 7) is 13.8. The summed E-state index contributed by atoms with van der Waals surface area (Å²) in [7, 11) is 0. The number of ether oxygens (including phenoxy) is 2. The van der Waals surface area contributed by atoms with Crippen molar-refractivity contribution >= 4 is 11.8 Å². The van der Waals surface area contributed by atoms with Gasteiger partial charge >= 0.3 is 6.09 Å². The van der Waals surface area contributed by atoms with Gasteiger partial charge in [-0.1, -0.05) is 18.2 Å². The molecule has 0 atom stereocenters. The number of likely N-dealkylation sites (tertiary alicyclic amines) is 1. The summed E-state index contributed by atoms with van der Waals surface area (Å²) in [6, 6.07) is 9.89. The first-order chi connectivity index (χ1) is 14.2. The number of nitrogens with zero attached hydrogens (tertiary/aromatic N) is 3. The monoisotopic (exact) mass is 411 g/mol. The van der Waals surface area contributed by atoms with Crippen LogP contribution in [-0.2, 0) is 11.3 Å². The van der Waals surface area contributed by atoms with Crippen molar-refractivity contribution < 1.29 is 18.7 Å². The number of carbonyl (C=O) groups excluding carboxylic acids is 1. The highest BCUT2D eigenvalue weighted by Gasteiger charge is 2.28. The van der Waals surface area contributed by atoms with E-state index in [2.05, 4.69) is 9.83 Å². The van der Waals surface area contributed by atoms with Crippen LogP contribution in [0.1, 0.15) is 50.8 Å². The van der Waals surface area contributed by atoms with Crippen molar-refractivity contribution in [1.82, 2.24) is 9.88 Å². The highest BCUT2D eigenvalue weighted by atomic mass is 19.1. The lowest BCUT2D eigenvalue weighted by Gasteiger charge is -2.33. The van der Waals surface area contributed by atoms with Crippen molar-refractivity contribution in [2.75, 3.05) is 13.1 Å². The maximum Gasteiger partial charge on any atom is 0.410 e. The first kappa shape index (κ1) is 21.6. The van der Waals surface area contributed by atoms with Crippen molar-refractivity contribution in [2.24, 2.45) is 0 Å². The fraction of sp³-hybridized carbons (Fsp3) is 0.435. The highest BCUT2D eigenvalue weighted by Crippen LogP contribution is 2.29. The Morgan fingerprint density at radius 1 is 1.27 bits per heavy atom. The second-order valence-corrected chi connectivity index (χ2v) is 8.32. The van der Waals surface area contributed by atoms with Crippen LogP contribution < -0.4 is 4.74 Å². The molecule has 158 valence electrons. The molecule has 0 spiro atoms. The Morgan fingerprint density at radius 3 is 2.63 bits per heavy atom. The Labute approximate surface area is 176 Å². The molecule has 0 bridgehead atoms. The third kappa shape index (κ3) is 5.69. The fourth-order valence-electron chi connectivity index (χ4n) is 3.30. The molecule has 1 saturated heterocycles. The van der Waals surface area contributed by atoms with Gasteiger partial charge in [0.05, 0.1) is 6.57 Å². The van der Waals surface area contributed by atoms with Gasteiger partial charge in [0.1, 0.15) is 18.0 Å². The lowest BCUT2D eigenvalue weighted by Crippen LogP contribution is -2.41. The second-order valence-electron chi connectivity index (χ2n) is 8.32. The predicted molar refractivity (Wildman–Crippen MR) is 111 cm³/mol. The molecule has 3 rings (SSSR count). The first-order valence-electron chi connectivity index (χ1n) is 9.99. The van der Waals surface area contributed by atoms with Gasteiger partial charge in [0.2, 0.25) is 5.88 Å². The smallest absolute Gasteiger partial charge is 0.410 e. The number of pyridine rings is 1. The van der Waals surface area contributed by atoms with E-state index in [1.807, 2.05) is 32.9 Å². The standard InChI is InChI=1S/C23H26FN3O3/c1-23(2,3)30-22(28)27-12-10-16(11-13-27)20-6-5-7-21(26-20)29-15-17-8-9-18(25-4)14-19(17)24/h5-9,14,16H,10-13,15H2,1-3H3. The quantitative estimate of drug-likeness (QED) is 0.627. The third-order valence-electron chi connectivity index (χ3n) is 4.85. The number of carbonyl (C=O) groups is 1. The van der Waals surface area contributed by atoms with Crippen molar-refractivity contribution in [2.45, 2.75) is 51.7 Å². The van der Waals surface area contributed by atoms with E-state index in [0.717, 1.165) is 18.5 Å². The number of hydrogen-bond donors (Lipinski definition) is 0. The van der Waals surface area contributed by atoms with Crippen LogP contribution in [0.5, 0.6) is 5.88 Å². The minimum Gasteiger partial charge on any atom is -0.473 e. The normalized spacial score (nSPS) is 14.8. The molecule has 2 aromatic rings. The van der Waals surface area contributed by atoms with Crippen LogP contribution in [0.2, 0.25) is 0 Å². The maximum atomic E-state index is 14.0. The maximum absolute atomic E-state index is 14.0. The average molecular weight is 411 g/mol. The molecular weight excluding hydrogens is 385 g/mol. The summed E-state index contributed by atoms with van der Waals surface area (Å²) in [5, 5.41) is 0. The molecule has 1 aliphatic rings. The van der Waals surface area contributed by atoms with E-state index in [1.54, 1.807) is 23.1 Å². The molecule has 0 radical (unpaired) electrons. The van der Waals surface area contributed by atoms with Crippen molar-refractivity contribution in [3.63, 3.8) is 0 Å². The molecule has 0 unspecified atom stereocenters. The summed E-state index contributed by atoms with van der Waals surface area (Å²) in [5.41, 5.74) is 1.03. The molecule has 6 nitrogen and oxygen atoms in total. The van der Waals surface area contributed by atoms with E-state index >= 15 is 0 Å². The van der Waals surface area contributed by atoms with Crippen molar-refractivity contribution in [1.29, 1.82) is 0 Å². The molecule has 0 saturated carbocycles. The second kappa shape index (κ2) is 9.12. The van der Waals surface area contributed by atoms with Crippen LogP contribution >= 0.6 is 0 Å². The summed E-state index contributed by atoms with van der Waals surface area (Å²) < 4.78 is 25.1. The lowest BCUT2D eigenvalue weighted by molar-refractivity contribution is 0.0204. The topological polar surface area (TPSA) is 56.0 Å². The highest BCUT2D eigenvalue weighted by molar-refractivity contribution is 5.68. The number of hydrogen-bond acceptors (Lipinski definition) is 4. The van der Waals surface area contributed by atoms with Crippen molar-refractivity contribution in [3.05, 3.63) is 64.9 Å². The average Bonchev–Trinajstić information content (AvgIpc) is 2.72. The molecule has 30 heavy (non-hydrogen) atoms. The number of rotatable bonds is 4. The van der Waals surface area contributed by atoms with Crippen LogP contribution in [0.4, 0.5) is 14.9 Å². The van der Waals surface area contributed by atoms with Crippen LogP contribution in [0.3, 0.4) is 0 Å². The van der Waals surface area contributed by atoms with E-state index in [-0.39, 0.29) is 24.3 Å². The largest absolute Gasteiger partial charge is 0.473 e. The van der Waals surface area contributed by atoms with Gasteiger partial charge < -0.3 is 14.4 Å². The Kier molecular flexibility index (Phi) is 6.56. The van der Waals surface area contributed by atoms with E-state index in [9.17, 15) is 9.18 Å². The van der Waals surface area contributed by atoms with Gasteiger partial charge in [-0.05, 0) is 45.7 Å². The summed E-state index contributed by atoms with van der Waals surface area (Å²) >= 11 is 0. The number of amides is 1. The Bertz CT molecular complexity index is 941. The summed E-state index contributed by atoms with van der Waals surface area (Å²) in [6.07, 6.45) is 1.31. The van der Waals surface area contributed by atoms with Gasteiger partial charge in [-0.3, -0.25) is 0 Å². The third-order valence-corrected chi connectivity index (χ3v) is 4.85. The molecule has 0 aliphatic carbocycles. The fourth-order valence-corrected chi connectivity index (χ4v) is 3.30. The lowest BCUT2D eigenvalue weighted by atomic mass is 9.93. The first-order valence-corrected chi connectivity index (χ1v) is 9.99. The minimum atomic E-state index is -0.503. The molecular formula is C23H26FN3O3. The molecule has 1 aromatic carbocycles. The van der Waals surface area contributed by atoms with Gasteiger partial charge in [-0.15, -0.1) is 0 Å². The SMILES string of the molecule is [C-]#[N+]c1ccc(COc2cccc(C3CCN(C(=O)OC(C)(C)C)CC3)n2)c(F)c1. The minimum absolute atomic E-state index is 0.0393. The molecule has 7 heteroatoms. The zero-order valence-electron chi connectivity index (χ0n) is 17.5. The Morgan fingerprint density at radius 2 is 2.00 bits per heavy atom.